The molecule has 1 aromatic carbocycles. The molecule has 3 aliphatic heterocycles. The SMILES string of the molecule is C=CCN(CCC)C(=O)[C@@H]1[C@H]2C(=O)N([C@H](C)CO)C(C(=O)N(CC=C)c3ccccc3Cl)C23CC[C@@]1(C)O3. The van der Waals surface area contributed by atoms with Gasteiger partial charge in [-0.15, -0.1) is 13.2 Å². The van der Waals surface area contributed by atoms with Gasteiger partial charge in [-0.2, -0.15) is 0 Å². The van der Waals surface area contributed by atoms with E-state index in [0.29, 0.717) is 36.6 Å². The van der Waals surface area contributed by atoms with E-state index >= 15 is 0 Å². The van der Waals surface area contributed by atoms with E-state index in [1.54, 1.807) is 48.2 Å². The van der Waals surface area contributed by atoms with Crippen LogP contribution in [-0.4, -0.2) is 82.2 Å². The Balaban J connectivity index is 1.83. The van der Waals surface area contributed by atoms with Gasteiger partial charge in [0.2, 0.25) is 11.8 Å². The van der Waals surface area contributed by atoms with Crippen molar-refractivity contribution < 1.29 is 24.2 Å². The number of nitrogens with zero attached hydrogens (tertiary/aromatic N) is 3. The summed E-state index contributed by atoms with van der Waals surface area (Å²) < 4.78 is 6.71. The topological polar surface area (TPSA) is 90.4 Å². The first-order chi connectivity index (χ1) is 18.1. The van der Waals surface area contributed by atoms with Crippen molar-refractivity contribution >= 4 is 35.0 Å². The molecule has 2 unspecified atom stereocenters. The van der Waals surface area contributed by atoms with Crippen molar-refractivity contribution in [2.75, 3.05) is 31.1 Å². The lowest BCUT2D eigenvalue weighted by Gasteiger charge is -2.38. The standard InChI is InChI=1S/C29H38ClN3O5/c1-6-15-31(16-7-2)25(35)22-23-26(36)33(19(4)18-34)24(29(23)14-13-28(22,5)38-29)27(37)32(17-8-3)21-12-10-9-11-20(21)30/h6,8-12,19,22-24,34H,1,3,7,13-18H2,2,4-5H3/t19-,22+,23+,24?,28-,29?/m1/s1. The molecule has 2 bridgehead atoms. The largest absolute Gasteiger partial charge is 0.394 e. The van der Waals surface area contributed by atoms with Gasteiger partial charge in [0.15, 0.2) is 0 Å². The third kappa shape index (κ3) is 4.27. The minimum atomic E-state index is -1.20. The second-order valence-corrected chi connectivity index (χ2v) is 11.2. The quantitative estimate of drug-likeness (QED) is 0.432. The molecule has 3 amide bonds. The summed E-state index contributed by atoms with van der Waals surface area (Å²) in [4.78, 5) is 47.3. The molecule has 1 aromatic rings. The zero-order valence-electron chi connectivity index (χ0n) is 22.4. The molecule has 9 heteroatoms. The predicted octanol–water partition coefficient (Wildman–Crippen LogP) is 3.43. The number of ether oxygens (including phenoxy) is 1. The molecule has 4 rings (SSSR count). The fourth-order valence-corrected chi connectivity index (χ4v) is 6.99. The Labute approximate surface area is 229 Å². The highest BCUT2D eigenvalue weighted by Gasteiger charge is 2.78. The van der Waals surface area contributed by atoms with Gasteiger partial charge in [-0.25, -0.2) is 0 Å². The molecule has 0 saturated carbocycles. The van der Waals surface area contributed by atoms with Crippen LogP contribution in [-0.2, 0) is 19.1 Å². The number of carbonyl (C=O) groups is 3. The van der Waals surface area contributed by atoms with Gasteiger partial charge in [0.05, 0.1) is 40.8 Å². The Hall–Kier alpha value is -2.68. The van der Waals surface area contributed by atoms with Crippen LogP contribution >= 0.6 is 11.6 Å². The van der Waals surface area contributed by atoms with Crippen molar-refractivity contribution in [2.24, 2.45) is 11.8 Å². The van der Waals surface area contributed by atoms with Crippen molar-refractivity contribution in [3.63, 3.8) is 0 Å². The molecule has 3 heterocycles. The maximum absolute atomic E-state index is 14.5. The molecular weight excluding hydrogens is 506 g/mol. The van der Waals surface area contributed by atoms with E-state index in [9.17, 15) is 19.5 Å². The lowest BCUT2D eigenvalue weighted by atomic mass is 9.66. The molecule has 1 N–H and O–H groups in total. The number of aliphatic hydroxyl groups is 1. The number of anilines is 1. The Morgan fingerprint density at radius 2 is 1.92 bits per heavy atom. The number of fused-ring (bicyclic) bond motifs is 1. The molecule has 8 nitrogen and oxygen atoms in total. The number of benzene rings is 1. The number of hydrogen-bond acceptors (Lipinski definition) is 5. The van der Waals surface area contributed by atoms with Crippen LogP contribution in [0.5, 0.6) is 0 Å². The number of halogens is 1. The first-order valence-corrected chi connectivity index (χ1v) is 13.7. The maximum Gasteiger partial charge on any atom is 0.253 e. The Morgan fingerprint density at radius 1 is 1.24 bits per heavy atom. The summed E-state index contributed by atoms with van der Waals surface area (Å²) in [6.07, 6.45) is 5.04. The predicted molar refractivity (Wildman–Crippen MR) is 147 cm³/mol. The second kappa shape index (κ2) is 10.8. The van der Waals surface area contributed by atoms with Gasteiger partial charge < -0.3 is 24.5 Å². The van der Waals surface area contributed by atoms with Crippen molar-refractivity contribution in [3.8, 4) is 0 Å². The summed E-state index contributed by atoms with van der Waals surface area (Å²) in [5.74, 6) is -2.44. The lowest BCUT2D eigenvalue weighted by molar-refractivity contribution is -0.151. The smallest absolute Gasteiger partial charge is 0.253 e. The summed E-state index contributed by atoms with van der Waals surface area (Å²) in [7, 11) is 0. The molecular formula is C29H38ClN3O5. The number of hydrogen-bond donors (Lipinski definition) is 1. The van der Waals surface area contributed by atoms with Crippen LogP contribution in [0.2, 0.25) is 5.02 Å². The van der Waals surface area contributed by atoms with Crippen LogP contribution in [0.4, 0.5) is 5.69 Å². The Bertz CT molecular complexity index is 1130. The molecule has 0 radical (unpaired) electrons. The first-order valence-electron chi connectivity index (χ1n) is 13.3. The molecule has 206 valence electrons. The number of rotatable bonds is 11. The third-order valence-corrected chi connectivity index (χ3v) is 8.65. The fourth-order valence-electron chi connectivity index (χ4n) is 6.75. The van der Waals surface area contributed by atoms with Gasteiger partial charge in [-0.3, -0.25) is 14.4 Å². The van der Waals surface area contributed by atoms with E-state index in [1.165, 1.54) is 9.80 Å². The van der Waals surface area contributed by atoms with Crippen molar-refractivity contribution in [1.82, 2.24) is 9.80 Å². The van der Waals surface area contributed by atoms with E-state index in [2.05, 4.69) is 13.2 Å². The third-order valence-electron chi connectivity index (χ3n) is 8.33. The van der Waals surface area contributed by atoms with Gasteiger partial charge in [0.1, 0.15) is 11.6 Å². The van der Waals surface area contributed by atoms with Crippen LogP contribution in [0.3, 0.4) is 0 Å². The van der Waals surface area contributed by atoms with E-state index in [-0.39, 0.29) is 30.9 Å². The minimum Gasteiger partial charge on any atom is -0.394 e. The minimum absolute atomic E-state index is 0.159. The molecule has 3 fully saturated rings. The number of likely N-dealkylation sites (tertiary alicyclic amines) is 1. The number of para-hydroxylation sites is 1. The molecule has 0 aromatic heterocycles. The highest BCUT2D eigenvalue weighted by Crippen LogP contribution is 2.64. The molecule has 6 atom stereocenters. The average Bonchev–Trinajstić information content (AvgIpc) is 3.47. The molecule has 0 aliphatic carbocycles. The van der Waals surface area contributed by atoms with Crippen molar-refractivity contribution in [1.29, 1.82) is 0 Å². The van der Waals surface area contributed by atoms with Crippen LogP contribution < -0.4 is 4.90 Å². The summed E-state index contributed by atoms with van der Waals surface area (Å²) >= 11 is 6.49. The summed E-state index contributed by atoms with van der Waals surface area (Å²) in [6, 6.07) is 5.32. The first kappa shape index (κ1) is 28.3. The van der Waals surface area contributed by atoms with Crippen molar-refractivity contribution in [3.05, 3.63) is 54.6 Å². The van der Waals surface area contributed by atoms with E-state index < -0.39 is 35.1 Å². The summed E-state index contributed by atoms with van der Waals surface area (Å²) in [5, 5.41) is 10.5. The number of aliphatic hydroxyl groups excluding tert-OH is 1. The maximum atomic E-state index is 14.5. The van der Waals surface area contributed by atoms with Gasteiger partial charge in [-0.1, -0.05) is 42.8 Å². The summed E-state index contributed by atoms with van der Waals surface area (Å²) in [6.45, 7) is 13.9. The van der Waals surface area contributed by atoms with Crippen LogP contribution in [0.1, 0.15) is 40.0 Å². The Morgan fingerprint density at radius 3 is 2.53 bits per heavy atom. The molecule has 3 aliphatic rings. The zero-order valence-corrected chi connectivity index (χ0v) is 23.2. The van der Waals surface area contributed by atoms with Gasteiger partial charge in [-0.05, 0) is 45.2 Å². The normalized spacial score (nSPS) is 30.2. The van der Waals surface area contributed by atoms with E-state index in [0.717, 1.165) is 6.42 Å². The lowest BCUT2D eigenvalue weighted by Crippen LogP contribution is -2.58. The van der Waals surface area contributed by atoms with Gasteiger partial charge in [0, 0.05) is 19.6 Å². The molecule has 1 spiro atoms. The highest BCUT2D eigenvalue weighted by molar-refractivity contribution is 6.34. The monoisotopic (exact) mass is 543 g/mol. The summed E-state index contributed by atoms with van der Waals surface area (Å²) in [5.41, 5.74) is -1.58. The van der Waals surface area contributed by atoms with Gasteiger partial charge >= 0.3 is 0 Å². The van der Waals surface area contributed by atoms with Crippen LogP contribution in [0.15, 0.2) is 49.6 Å². The zero-order chi connectivity index (χ0) is 27.8. The highest BCUT2D eigenvalue weighted by atomic mass is 35.5. The number of amides is 3. The van der Waals surface area contributed by atoms with Crippen LogP contribution in [0, 0.1) is 11.8 Å². The van der Waals surface area contributed by atoms with Crippen LogP contribution in [0.25, 0.3) is 0 Å². The van der Waals surface area contributed by atoms with Gasteiger partial charge in [0.25, 0.3) is 5.91 Å². The van der Waals surface area contributed by atoms with E-state index in [4.69, 9.17) is 16.3 Å². The fraction of sp³-hybridized carbons (Fsp3) is 0.552. The molecule has 38 heavy (non-hydrogen) atoms. The van der Waals surface area contributed by atoms with Crippen molar-refractivity contribution in [2.45, 2.75) is 63.3 Å². The molecule has 3 saturated heterocycles. The second-order valence-electron chi connectivity index (χ2n) is 10.8. The van der Waals surface area contributed by atoms with E-state index in [1.807, 2.05) is 13.8 Å². The number of carbonyl (C=O) groups excluding carboxylic acids is 3. The average molecular weight is 544 g/mol. The Kier molecular flexibility index (Phi) is 8.07.